The summed E-state index contributed by atoms with van der Waals surface area (Å²) in [5.41, 5.74) is 2.71. The number of imidazole rings is 1. The van der Waals surface area contributed by atoms with E-state index in [0.717, 1.165) is 22.4 Å². The first-order valence-corrected chi connectivity index (χ1v) is 6.46. The smallest absolute Gasteiger partial charge is 0.254 e. The maximum absolute atomic E-state index is 12.4. The molecule has 2 N–H and O–H groups in total. The van der Waals surface area contributed by atoms with E-state index in [1.165, 1.54) is 0 Å². The average molecular weight is 268 g/mol. The zero-order valence-corrected chi connectivity index (χ0v) is 11.5. The molecule has 0 saturated carbocycles. The molecule has 0 saturated heterocycles. The second kappa shape index (κ2) is 4.85. The first-order valence-electron chi connectivity index (χ1n) is 6.46. The third-order valence-electron chi connectivity index (χ3n) is 3.29. The number of fused-ring (bicyclic) bond motifs is 1. The van der Waals surface area contributed by atoms with E-state index in [4.69, 9.17) is 0 Å². The minimum Gasteiger partial charge on any atom is -0.361 e. The van der Waals surface area contributed by atoms with Gasteiger partial charge in [0.2, 0.25) is 0 Å². The van der Waals surface area contributed by atoms with Gasteiger partial charge in [0.25, 0.3) is 5.91 Å². The molecular formula is C15H16N4O. The molecule has 0 radical (unpaired) electrons. The molecule has 3 rings (SSSR count). The van der Waals surface area contributed by atoms with Crippen molar-refractivity contribution < 1.29 is 4.79 Å². The van der Waals surface area contributed by atoms with Gasteiger partial charge in [-0.15, -0.1) is 0 Å². The van der Waals surface area contributed by atoms with Crippen LogP contribution in [0, 0.1) is 6.92 Å². The number of aromatic amines is 2. The van der Waals surface area contributed by atoms with E-state index in [2.05, 4.69) is 15.0 Å². The van der Waals surface area contributed by atoms with E-state index >= 15 is 0 Å². The lowest BCUT2D eigenvalue weighted by Gasteiger charge is -2.15. The molecule has 0 bridgehead atoms. The predicted molar refractivity (Wildman–Crippen MR) is 77.4 cm³/mol. The van der Waals surface area contributed by atoms with Gasteiger partial charge in [-0.25, -0.2) is 4.98 Å². The van der Waals surface area contributed by atoms with Crippen molar-refractivity contribution in [2.45, 2.75) is 13.5 Å². The Hall–Kier alpha value is -2.56. The lowest BCUT2D eigenvalue weighted by atomic mass is 10.1. The van der Waals surface area contributed by atoms with Crippen LogP contribution in [0.25, 0.3) is 10.9 Å². The minimum atomic E-state index is -0.0119. The van der Waals surface area contributed by atoms with Gasteiger partial charge in [-0.3, -0.25) is 4.79 Å². The fourth-order valence-corrected chi connectivity index (χ4v) is 2.25. The summed E-state index contributed by atoms with van der Waals surface area (Å²) in [5.74, 6) is 0.781. The van der Waals surface area contributed by atoms with E-state index < -0.39 is 0 Å². The molecule has 0 aliphatic rings. The molecule has 5 heteroatoms. The Morgan fingerprint density at radius 3 is 2.95 bits per heavy atom. The lowest BCUT2D eigenvalue weighted by Crippen LogP contribution is -2.26. The van der Waals surface area contributed by atoms with E-state index in [1.807, 2.05) is 37.4 Å². The highest BCUT2D eigenvalue weighted by Crippen LogP contribution is 2.16. The molecule has 0 aliphatic carbocycles. The summed E-state index contributed by atoms with van der Waals surface area (Å²) >= 11 is 0. The van der Waals surface area contributed by atoms with Crippen molar-refractivity contribution in [3.63, 3.8) is 0 Å². The van der Waals surface area contributed by atoms with Crippen LogP contribution in [0.5, 0.6) is 0 Å². The molecule has 0 unspecified atom stereocenters. The average Bonchev–Trinajstić information content (AvgIpc) is 3.05. The molecule has 0 atom stereocenters. The Labute approximate surface area is 116 Å². The second-order valence-electron chi connectivity index (χ2n) is 4.95. The number of carbonyl (C=O) groups is 1. The first kappa shape index (κ1) is 12.5. The number of benzene rings is 1. The van der Waals surface area contributed by atoms with Crippen LogP contribution in [0.1, 0.15) is 21.9 Å². The molecule has 1 amide bonds. The summed E-state index contributed by atoms with van der Waals surface area (Å²) in [4.78, 5) is 24.5. The van der Waals surface area contributed by atoms with Gasteiger partial charge < -0.3 is 14.9 Å². The molecule has 5 nitrogen and oxygen atoms in total. The number of aromatic nitrogens is 3. The highest BCUT2D eigenvalue weighted by molar-refractivity contribution is 5.97. The van der Waals surface area contributed by atoms with E-state index in [-0.39, 0.29) is 5.91 Å². The van der Waals surface area contributed by atoms with Crippen molar-refractivity contribution in [2.24, 2.45) is 0 Å². The Kier molecular flexibility index (Phi) is 3.02. The summed E-state index contributed by atoms with van der Waals surface area (Å²) in [6.07, 6.45) is 3.63. The molecular weight excluding hydrogens is 252 g/mol. The predicted octanol–water partition coefficient (Wildman–Crippen LogP) is 2.47. The Morgan fingerprint density at radius 1 is 1.35 bits per heavy atom. The molecule has 0 fully saturated rings. The van der Waals surface area contributed by atoms with Gasteiger partial charge in [0.15, 0.2) is 0 Å². The summed E-state index contributed by atoms with van der Waals surface area (Å²) in [7, 11) is 1.78. The standard InChI is InChI=1S/C15H16N4O/c1-10-8-17-14(18-10)9-19(2)15(20)12-3-4-13-11(7-12)5-6-16-13/h3-8,16H,9H2,1-2H3,(H,17,18). The number of hydrogen-bond acceptors (Lipinski definition) is 2. The van der Waals surface area contributed by atoms with Crippen LogP contribution in [0.3, 0.4) is 0 Å². The van der Waals surface area contributed by atoms with Crippen molar-refractivity contribution in [3.8, 4) is 0 Å². The lowest BCUT2D eigenvalue weighted by molar-refractivity contribution is 0.0782. The van der Waals surface area contributed by atoms with Crippen LogP contribution in [-0.4, -0.2) is 32.8 Å². The third-order valence-corrected chi connectivity index (χ3v) is 3.29. The number of nitrogens with zero attached hydrogens (tertiary/aromatic N) is 2. The molecule has 102 valence electrons. The van der Waals surface area contributed by atoms with Crippen molar-refractivity contribution in [3.05, 3.63) is 53.7 Å². The molecule has 20 heavy (non-hydrogen) atoms. The van der Waals surface area contributed by atoms with Crippen molar-refractivity contribution in [2.75, 3.05) is 7.05 Å². The number of carbonyl (C=O) groups excluding carboxylic acids is 1. The normalized spacial score (nSPS) is 10.9. The molecule has 3 aromatic rings. The van der Waals surface area contributed by atoms with Crippen molar-refractivity contribution >= 4 is 16.8 Å². The van der Waals surface area contributed by atoms with Gasteiger partial charge >= 0.3 is 0 Å². The number of amides is 1. The van der Waals surface area contributed by atoms with Gasteiger partial charge in [0.05, 0.1) is 6.54 Å². The quantitative estimate of drug-likeness (QED) is 0.766. The summed E-state index contributed by atoms with van der Waals surface area (Å²) in [6, 6.07) is 7.62. The summed E-state index contributed by atoms with van der Waals surface area (Å²) < 4.78 is 0. The number of aryl methyl sites for hydroxylation is 1. The van der Waals surface area contributed by atoms with Crippen LogP contribution in [0.2, 0.25) is 0 Å². The fraction of sp³-hybridized carbons (Fsp3) is 0.200. The van der Waals surface area contributed by atoms with Gasteiger partial charge in [-0.05, 0) is 31.2 Å². The monoisotopic (exact) mass is 268 g/mol. The Balaban J connectivity index is 1.80. The van der Waals surface area contributed by atoms with Gasteiger partial charge in [0.1, 0.15) is 5.82 Å². The fourth-order valence-electron chi connectivity index (χ4n) is 2.25. The van der Waals surface area contributed by atoms with Crippen molar-refractivity contribution in [1.29, 1.82) is 0 Å². The van der Waals surface area contributed by atoms with Crippen LogP contribution in [0.4, 0.5) is 0 Å². The topological polar surface area (TPSA) is 64.8 Å². The zero-order chi connectivity index (χ0) is 14.1. The van der Waals surface area contributed by atoms with Gasteiger partial charge in [-0.1, -0.05) is 0 Å². The van der Waals surface area contributed by atoms with Crippen LogP contribution in [-0.2, 0) is 6.54 Å². The van der Waals surface area contributed by atoms with Gasteiger partial charge in [0, 0.05) is 41.6 Å². The van der Waals surface area contributed by atoms with Crippen LogP contribution in [0.15, 0.2) is 36.7 Å². The molecule has 0 aliphatic heterocycles. The SMILES string of the molecule is Cc1cnc(CN(C)C(=O)c2ccc3[nH]ccc3c2)[nH]1. The second-order valence-corrected chi connectivity index (χ2v) is 4.95. The summed E-state index contributed by atoms with van der Waals surface area (Å²) in [6.45, 7) is 2.41. The Bertz CT molecular complexity index is 756. The van der Waals surface area contributed by atoms with E-state index in [1.54, 1.807) is 18.1 Å². The molecule has 1 aromatic carbocycles. The van der Waals surface area contributed by atoms with E-state index in [9.17, 15) is 4.79 Å². The minimum absolute atomic E-state index is 0.0119. The maximum Gasteiger partial charge on any atom is 0.254 e. The zero-order valence-electron chi connectivity index (χ0n) is 11.5. The third kappa shape index (κ3) is 2.30. The highest BCUT2D eigenvalue weighted by Gasteiger charge is 2.13. The van der Waals surface area contributed by atoms with Crippen LogP contribution < -0.4 is 0 Å². The molecule has 2 heterocycles. The number of rotatable bonds is 3. The van der Waals surface area contributed by atoms with Crippen LogP contribution >= 0.6 is 0 Å². The molecule has 0 spiro atoms. The summed E-state index contributed by atoms with van der Waals surface area (Å²) in [5, 5.41) is 1.04. The van der Waals surface area contributed by atoms with Crippen molar-refractivity contribution in [1.82, 2.24) is 19.9 Å². The first-order chi connectivity index (χ1) is 9.63. The number of H-pyrrole nitrogens is 2. The van der Waals surface area contributed by atoms with E-state index in [0.29, 0.717) is 12.1 Å². The number of nitrogens with one attached hydrogen (secondary N) is 2. The number of hydrogen-bond donors (Lipinski definition) is 2. The van der Waals surface area contributed by atoms with Gasteiger partial charge in [-0.2, -0.15) is 0 Å². The maximum atomic E-state index is 12.4. The Morgan fingerprint density at radius 2 is 2.20 bits per heavy atom. The molecule has 2 aromatic heterocycles. The largest absolute Gasteiger partial charge is 0.361 e. The highest BCUT2D eigenvalue weighted by atomic mass is 16.2.